The Balaban J connectivity index is 2.08. The van der Waals surface area contributed by atoms with E-state index in [0.717, 1.165) is 4.88 Å². The number of esters is 1. The Morgan fingerprint density at radius 2 is 2.20 bits per heavy atom. The van der Waals surface area contributed by atoms with E-state index in [-0.39, 0.29) is 18.1 Å². The number of methoxy groups -OCH3 is 1. The Hall–Kier alpha value is -2.22. The molecule has 20 heavy (non-hydrogen) atoms. The Bertz CT molecular complexity index is 647. The summed E-state index contributed by atoms with van der Waals surface area (Å²) in [6, 6.07) is 1.53. The maximum atomic E-state index is 11.9. The second kappa shape index (κ2) is 5.83. The molecule has 0 aromatic carbocycles. The number of aromatic nitrogens is 2. The first kappa shape index (κ1) is 14.2. The summed E-state index contributed by atoms with van der Waals surface area (Å²) in [6.07, 6.45) is 0.138. The van der Waals surface area contributed by atoms with Gasteiger partial charge in [-0.3, -0.25) is 14.9 Å². The zero-order valence-electron chi connectivity index (χ0n) is 11.2. The van der Waals surface area contributed by atoms with Crippen LogP contribution in [0.4, 0.5) is 5.13 Å². The standard InChI is InChI=1S/C12H13N3O4S/c1-6-4-8(15-19-6)11(17)14-12-13-7(2)9(20-12)5-10(16)18-3/h4H,5H2,1-3H3,(H,13,14,17). The zero-order chi connectivity index (χ0) is 14.7. The number of carbonyl (C=O) groups excluding carboxylic acids is 2. The minimum Gasteiger partial charge on any atom is -0.469 e. The van der Waals surface area contributed by atoms with Crippen molar-refractivity contribution in [1.82, 2.24) is 10.1 Å². The van der Waals surface area contributed by atoms with Crippen LogP contribution in [0.15, 0.2) is 10.6 Å². The van der Waals surface area contributed by atoms with Crippen molar-refractivity contribution in [3.05, 3.63) is 28.1 Å². The highest BCUT2D eigenvalue weighted by Crippen LogP contribution is 2.23. The summed E-state index contributed by atoms with van der Waals surface area (Å²) >= 11 is 1.23. The largest absolute Gasteiger partial charge is 0.469 e. The Kier molecular flexibility index (Phi) is 4.14. The molecule has 2 heterocycles. The third-order valence-electron chi connectivity index (χ3n) is 2.51. The molecule has 0 fully saturated rings. The van der Waals surface area contributed by atoms with Gasteiger partial charge in [0.15, 0.2) is 10.8 Å². The van der Waals surface area contributed by atoms with Crippen molar-refractivity contribution in [3.63, 3.8) is 0 Å². The molecule has 0 saturated heterocycles. The van der Waals surface area contributed by atoms with Gasteiger partial charge in [0.25, 0.3) is 5.91 Å². The first-order chi connectivity index (χ1) is 9.49. The molecule has 7 nitrogen and oxygen atoms in total. The topological polar surface area (TPSA) is 94.3 Å². The monoisotopic (exact) mass is 295 g/mol. The first-order valence-electron chi connectivity index (χ1n) is 5.77. The van der Waals surface area contributed by atoms with E-state index in [4.69, 9.17) is 4.52 Å². The maximum absolute atomic E-state index is 11.9. The van der Waals surface area contributed by atoms with Crippen molar-refractivity contribution >= 4 is 28.3 Å². The smallest absolute Gasteiger partial charge is 0.310 e. The van der Waals surface area contributed by atoms with E-state index in [1.807, 2.05) is 0 Å². The molecule has 0 aliphatic heterocycles. The number of thiazole rings is 1. The minimum absolute atomic E-state index is 0.138. The lowest BCUT2D eigenvalue weighted by atomic mass is 10.3. The average Bonchev–Trinajstić information content (AvgIpc) is 2.96. The molecule has 1 amide bonds. The van der Waals surface area contributed by atoms with E-state index in [1.54, 1.807) is 13.8 Å². The maximum Gasteiger partial charge on any atom is 0.310 e. The van der Waals surface area contributed by atoms with Crippen molar-refractivity contribution < 1.29 is 18.8 Å². The number of hydrogen-bond donors (Lipinski definition) is 1. The summed E-state index contributed by atoms with van der Waals surface area (Å²) in [5, 5.41) is 6.65. The van der Waals surface area contributed by atoms with Crippen LogP contribution in [-0.2, 0) is 16.0 Å². The van der Waals surface area contributed by atoms with Crippen LogP contribution < -0.4 is 5.32 Å². The van der Waals surface area contributed by atoms with Crippen molar-refractivity contribution in [2.75, 3.05) is 12.4 Å². The number of ether oxygens (including phenoxy) is 1. The number of anilines is 1. The number of nitrogens with one attached hydrogen (secondary N) is 1. The summed E-state index contributed by atoms with van der Waals surface area (Å²) in [7, 11) is 1.33. The highest BCUT2D eigenvalue weighted by atomic mass is 32.1. The fourth-order valence-electron chi connectivity index (χ4n) is 1.48. The number of hydrogen-bond acceptors (Lipinski definition) is 7. The Morgan fingerprint density at radius 1 is 1.45 bits per heavy atom. The third-order valence-corrected chi connectivity index (χ3v) is 3.58. The highest BCUT2D eigenvalue weighted by Gasteiger charge is 2.16. The van der Waals surface area contributed by atoms with Crippen LogP contribution in [-0.4, -0.2) is 29.1 Å². The number of amides is 1. The van der Waals surface area contributed by atoms with Gasteiger partial charge in [0.2, 0.25) is 0 Å². The lowest BCUT2D eigenvalue weighted by Crippen LogP contribution is -2.11. The summed E-state index contributed by atoms with van der Waals surface area (Å²) in [5.41, 5.74) is 0.872. The summed E-state index contributed by atoms with van der Waals surface area (Å²) < 4.78 is 9.43. The van der Waals surface area contributed by atoms with Gasteiger partial charge in [0.1, 0.15) is 5.76 Å². The molecule has 1 N–H and O–H groups in total. The molecule has 0 aliphatic rings. The van der Waals surface area contributed by atoms with Gasteiger partial charge in [-0.1, -0.05) is 5.16 Å². The number of rotatable bonds is 4. The van der Waals surface area contributed by atoms with E-state index in [0.29, 0.717) is 16.6 Å². The zero-order valence-corrected chi connectivity index (χ0v) is 12.0. The van der Waals surface area contributed by atoms with E-state index in [1.165, 1.54) is 24.5 Å². The van der Waals surface area contributed by atoms with E-state index >= 15 is 0 Å². The average molecular weight is 295 g/mol. The lowest BCUT2D eigenvalue weighted by Gasteiger charge is -1.96. The normalized spacial score (nSPS) is 10.3. The molecule has 2 aromatic rings. The molecule has 0 bridgehead atoms. The molecular weight excluding hydrogens is 282 g/mol. The number of nitrogens with zero attached hydrogens (tertiary/aromatic N) is 2. The fourth-order valence-corrected chi connectivity index (χ4v) is 2.43. The van der Waals surface area contributed by atoms with Gasteiger partial charge < -0.3 is 9.26 Å². The molecule has 8 heteroatoms. The van der Waals surface area contributed by atoms with Gasteiger partial charge in [0.05, 0.1) is 19.2 Å². The molecule has 106 valence electrons. The summed E-state index contributed by atoms with van der Waals surface area (Å²) in [6.45, 7) is 3.47. The van der Waals surface area contributed by atoms with Crippen LogP contribution in [0.3, 0.4) is 0 Å². The van der Waals surface area contributed by atoms with Crippen molar-refractivity contribution in [2.24, 2.45) is 0 Å². The SMILES string of the molecule is COC(=O)Cc1sc(NC(=O)c2cc(C)on2)nc1C. The summed E-state index contributed by atoms with van der Waals surface area (Å²) in [4.78, 5) is 28.0. The Morgan fingerprint density at radius 3 is 2.80 bits per heavy atom. The van der Waals surface area contributed by atoms with Crippen LogP contribution in [0.5, 0.6) is 0 Å². The minimum atomic E-state index is -0.403. The molecule has 2 aromatic heterocycles. The molecule has 2 rings (SSSR count). The number of carbonyl (C=O) groups is 2. The first-order valence-corrected chi connectivity index (χ1v) is 6.59. The molecule has 0 unspecified atom stereocenters. The van der Waals surface area contributed by atoms with Gasteiger partial charge in [0, 0.05) is 10.9 Å². The van der Waals surface area contributed by atoms with Gasteiger partial charge in [-0.05, 0) is 13.8 Å². The predicted octanol–water partition coefficient (Wildman–Crippen LogP) is 1.72. The quantitative estimate of drug-likeness (QED) is 0.863. The van der Waals surface area contributed by atoms with E-state index in [9.17, 15) is 9.59 Å². The van der Waals surface area contributed by atoms with Gasteiger partial charge in [-0.2, -0.15) is 0 Å². The van der Waals surface area contributed by atoms with Crippen molar-refractivity contribution in [3.8, 4) is 0 Å². The third kappa shape index (κ3) is 3.21. The van der Waals surface area contributed by atoms with E-state index < -0.39 is 5.91 Å². The molecular formula is C12H13N3O4S. The second-order valence-corrected chi connectivity index (χ2v) is 5.14. The fraction of sp³-hybridized carbons (Fsp3) is 0.333. The van der Waals surface area contributed by atoms with Crippen molar-refractivity contribution in [2.45, 2.75) is 20.3 Å². The van der Waals surface area contributed by atoms with Gasteiger partial charge >= 0.3 is 5.97 Å². The lowest BCUT2D eigenvalue weighted by molar-refractivity contribution is -0.139. The summed E-state index contributed by atoms with van der Waals surface area (Å²) in [5.74, 6) is -0.196. The molecule has 0 spiro atoms. The molecule has 0 atom stereocenters. The van der Waals surface area contributed by atoms with Gasteiger partial charge in [-0.15, -0.1) is 11.3 Å². The molecule has 0 radical (unpaired) electrons. The van der Waals surface area contributed by atoms with Gasteiger partial charge in [-0.25, -0.2) is 4.98 Å². The number of aryl methyl sites for hydroxylation is 2. The molecule has 0 saturated carbocycles. The predicted molar refractivity (Wildman–Crippen MR) is 71.8 cm³/mol. The van der Waals surface area contributed by atoms with Crippen molar-refractivity contribution in [1.29, 1.82) is 0 Å². The van der Waals surface area contributed by atoms with Crippen LogP contribution >= 0.6 is 11.3 Å². The second-order valence-electron chi connectivity index (χ2n) is 4.06. The Labute approximate surface area is 118 Å². The van der Waals surface area contributed by atoms with E-state index in [2.05, 4.69) is 20.2 Å². The van der Waals surface area contributed by atoms with Crippen LogP contribution in [0.2, 0.25) is 0 Å². The van der Waals surface area contributed by atoms with Crippen LogP contribution in [0.25, 0.3) is 0 Å². The molecule has 0 aliphatic carbocycles. The highest BCUT2D eigenvalue weighted by molar-refractivity contribution is 7.16. The van der Waals surface area contributed by atoms with Crippen LogP contribution in [0.1, 0.15) is 26.8 Å². The van der Waals surface area contributed by atoms with Crippen LogP contribution in [0, 0.1) is 13.8 Å².